The number of hydrogen-bond acceptors (Lipinski definition) is 3. The molecule has 1 N–H and O–H groups in total. The van der Waals surface area contributed by atoms with Gasteiger partial charge in [0.2, 0.25) is 0 Å². The highest BCUT2D eigenvalue weighted by molar-refractivity contribution is 6.31. The van der Waals surface area contributed by atoms with E-state index in [9.17, 15) is 14.0 Å². The van der Waals surface area contributed by atoms with E-state index in [1.54, 1.807) is 0 Å². The summed E-state index contributed by atoms with van der Waals surface area (Å²) in [7, 11) is 1.50. The third kappa shape index (κ3) is 2.04. The first-order valence-electron chi connectivity index (χ1n) is 5.91. The summed E-state index contributed by atoms with van der Waals surface area (Å²) >= 11 is 5.71. The van der Waals surface area contributed by atoms with Gasteiger partial charge in [0.05, 0.1) is 15.9 Å². The van der Waals surface area contributed by atoms with Crippen LogP contribution in [0.1, 0.15) is 10.5 Å². The molecule has 0 amide bonds. The molecule has 0 saturated carbocycles. The summed E-state index contributed by atoms with van der Waals surface area (Å²) in [6.07, 6.45) is 0. The van der Waals surface area contributed by atoms with Crippen LogP contribution in [0.2, 0.25) is 5.02 Å². The minimum Gasteiger partial charge on any atom is -0.477 e. The molecule has 106 valence electrons. The number of rotatable bonds is 1. The maximum atomic E-state index is 13.5. The van der Waals surface area contributed by atoms with Crippen molar-refractivity contribution >= 4 is 39.5 Å². The average molecular weight is 307 g/mol. The van der Waals surface area contributed by atoms with Gasteiger partial charge < -0.3 is 9.67 Å². The molecule has 7 heteroatoms. The maximum absolute atomic E-state index is 13.5. The molecule has 2 aromatic heterocycles. The second-order valence-corrected chi connectivity index (χ2v) is 4.98. The average Bonchev–Trinajstić information content (AvgIpc) is 2.42. The Morgan fingerprint density at radius 2 is 2.05 bits per heavy atom. The van der Waals surface area contributed by atoms with E-state index in [4.69, 9.17) is 16.7 Å². The molecule has 2 heterocycles. The Hall–Kier alpha value is -2.47. The van der Waals surface area contributed by atoms with Crippen molar-refractivity contribution < 1.29 is 14.3 Å². The summed E-state index contributed by atoms with van der Waals surface area (Å²) in [5.41, 5.74) is -0.0701. The summed E-state index contributed by atoms with van der Waals surface area (Å²) in [4.78, 5) is 27.4. The Labute approximate surface area is 122 Å². The standard InChI is InChI=1S/C14H8ClFN2O3/c1-18-11(14(20)21)5-12(19)7-2-6-3-9(16)8(15)4-10(6)17-13(7)18/h2-5H,1H3,(H,20,21). The van der Waals surface area contributed by atoms with Crippen LogP contribution in [0.25, 0.3) is 21.9 Å². The lowest BCUT2D eigenvalue weighted by atomic mass is 10.1. The fourth-order valence-corrected chi connectivity index (χ4v) is 2.37. The van der Waals surface area contributed by atoms with Crippen molar-refractivity contribution in [2.24, 2.45) is 7.05 Å². The van der Waals surface area contributed by atoms with Crippen molar-refractivity contribution in [3.63, 3.8) is 0 Å². The molecule has 0 spiro atoms. The second-order valence-electron chi connectivity index (χ2n) is 4.58. The summed E-state index contributed by atoms with van der Waals surface area (Å²) in [5.74, 6) is -1.83. The van der Waals surface area contributed by atoms with Crippen molar-refractivity contribution in [1.82, 2.24) is 9.55 Å². The Balaban J connectivity index is 2.51. The minimum atomic E-state index is -1.23. The third-order valence-electron chi connectivity index (χ3n) is 3.27. The number of carboxylic acid groups (broad SMARTS) is 1. The molecule has 21 heavy (non-hydrogen) atoms. The number of carboxylic acids is 1. The van der Waals surface area contributed by atoms with E-state index in [0.29, 0.717) is 10.9 Å². The van der Waals surface area contributed by atoms with Crippen molar-refractivity contribution in [2.75, 3.05) is 0 Å². The van der Waals surface area contributed by atoms with E-state index in [2.05, 4.69) is 4.98 Å². The lowest BCUT2D eigenvalue weighted by Gasteiger charge is -2.09. The number of halogens is 2. The van der Waals surface area contributed by atoms with Crippen LogP contribution < -0.4 is 5.43 Å². The molecule has 0 aliphatic heterocycles. The molecular weight excluding hydrogens is 299 g/mol. The maximum Gasteiger partial charge on any atom is 0.352 e. The molecular formula is C14H8ClFN2O3. The molecule has 0 radical (unpaired) electrons. The van der Waals surface area contributed by atoms with Gasteiger partial charge in [-0.15, -0.1) is 0 Å². The fraction of sp³-hybridized carbons (Fsp3) is 0.0714. The number of aryl methyl sites for hydroxylation is 1. The normalized spacial score (nSPS) is 11.2. The Morgan fingerprint density at radius 1 is 1.33 bits per heavy atom. The summed E-state index contributed by atoms with van der Waals surface area (Å²) in [6.45, 7) is 0. The van der Waals surface area contributed by atoms with Crippen molar-refractivity contribution in [1.29, 1.82) is 0 Å². The fourth-order valence-electron chi connectivity index (χ4n) is 2.21. The zero-order valence-corrected chi connectivity index (χ0v) is 11.5. The van der Waals surface area contributed by atoms with Crippen LogP contribution in [0.15, 0.2) is 29.1 Å². The smallest absolute Gasteiger partial charge is 0.352 e. The van der Waals surface area contributed by atoms with Gasteiger partial charge in [-0.25, -0.2) is 14.2 Å². The molecule has 3 rings (SSSR count). The Morgan fingerprint density at radius 3 is 2.71 bits per heavy atom. The number of fused-ring (bicyclic) bond motifs is 2. The van der Waals surface area contributed by atoms with Crippen molar-refractivity contribution in [3.8, 4) is 0 Å². The highest BCUT2D eigenvalue weighted by atomic mass is 35.5. The Kier molecular flexibility index (Phi) is 2.91. The second kappa shape index (κ2) is 4.53. The summed E-state index contributed by atoms with van der Waals surface area (Å²) in [6, 6.07) is 5.02. The summed E-state index contributed by atoms with van der Waals surface area (Å²) < 4.78 is 14.8. The van der Waals surface area contributed by atoms with Crippen LogP contribution >= 0.6 is 11.6 Å². The number of hydrogen-bond donors (Lipinski definition) is 1. The zero-order chi connectivity index (χ0) is 15.3. The lowest BCUT2D eigenvalue weighted by Crippen LogP contribution is -2.16. The van der Waals surface area contributed by atoms with E-state index >= 15 is 0 Å². The van der Waals surface area contributed by atoms with Gasteiger partial charge in [0, 0.05) is 18.5 Å². The largest absolute Gasteiger partial charge is 0.477 e. The molecule has 0 bridgehead atoms. The first-order valence-corrected chi connectivity index (χ1v) is 6.29. The molecule has 3 aromatic rings. The molecule has 0 aliphatic carbocycles. The van der Waals surface area contributed by atoms with E-state index in [-0.39, 0.29) is 21.7 Å². The monoisotopic (exact) mass is 306 g/mol. The summed E-state index contributed by atoms with van der Waals surface area (Å²) in [5, 5.41) is 9.64. The van der Waals surface area contributed by atoms with Crippen LogP contribution in [-0.4, -0.2) is 20.6 Å². The number of pyridine rings is 2. The molecule has 1 aromatic carbocycles. The molecule has 0 unspecified atom stereocenters. The van der Waals surface area contributed by atoms with Gasteiger partial charge in [-0.05, 0) is 18.2 Å². The molecule has 0 fully saturated rings. The van der Waals surface area contributed by atoms with E-state index in [0.717, 1.165) is 6.07 Å². The van der Waals surface area contributed by atoms with Crippen LogP contribution in [0.4, 0.5) is 4.39 Å². The third-order valence-corrected chi connectivity index (χ3v) is 3.56. The van der Waals surface area contributed by atoms with Crippen LogP contribution in [-0.2, 0) is 7.05 Å². The van der Waals surface area contributed by atoms with E-state index < -0.39 is 17.2 Å². The number of carbonyl (C=O) groups is 1. The van der Waals surface area contributed by atoms with Gasteiger partial charge in [0.15, 0.2) is 5.43 Å². The van der Waals surface area contributed by atoms with Crippen LogP contribution in [0.5, 0.6) is 0 Å². The van der Waals surface area contributed by atoms with Gasteiger partial charge in [-0.1, -0.05) is 11.6 Å². The predicted octanol–water partition coefficient (Wildman–Crippen LogP) is 2.58. The number of aromatic nitrogens is 2. The molecule has 0 aliphatic rings. The number of nitrogens with zero attached hydrogens (tertiary/aromatic N) is 2. The zero-order valence-electron chi connectivity index (χ0n) is 10.7. The quantitative estimate of drug-likeness (QED) is 0.701. The molecule has 5 nitrogen and oxygen atoms in total. The van der Waals surface area contributed by atoms with Crippen LogP contribution in [0.3, 0.4) is 0 Å². The first kappa shape index (κ1) is 13.5. The van der Waals surface area contributed by atoms with Crippen molar-refractivity contribution in [2.45, 2.75) is 0 Å². The molecule has 0 saturated heterocycles. The highest BCUT2D eigenvalue weighted by Crippen LogP contribution is 2.24. The lowest BCUT2D eigenvalue weighted by molar-refractivity contribution is 0.0686. The molecule has 0 atom stereocenters. The SMILES string of the molecule is Cn1c(C(=O)O)cc(=O)c2cc3cc(F)c(Cl)cc3nc21. The predicted molar refractivity (Wildman–Crippen MR) is 76.4 cm³/mol. The number of aromatic carboxylic acids is 1. The van der Waals surface area contributed by atoms with Gasteiger partial charge >= 0.3 is 5.97 Å². The topological polar surface area (TPSA) is 72.2 Å². The van der Waals surface area contributed by atoms with E-state index in [1.807, 2.05) is 0 Å². The Bertz CT molecular complexity index is 982. The minimum absolute atomic E-state index is 0.0891. The highest BCUT2D eigenvalue weighted by Gasteiger charge is 2.14. The van der Waals surface area contributed by atoms with Gasteiger partial charge in [-0.3, -0.25) is 4.79 Å². The van der Waals surface area contributed by atoms with Gasteiger partial charge in [0.25, 0.3) is 0 Å². The van der Waals surface area contributed by atoms with E-state index in [1.165, 1.54) is 29.8 Å². The van der Waals surface area contributed by atoms with Gasteiger partial charge in [0.1, 0.15) is 17.2 Å². The van der Waals surface area contributed by atoms with Gasteiger partial charge in [-0.2, -0.15) is 0 Å². The number of benzene rings is 1. The first-order chi connectivity index (χ1) is 9.88. The van der Waals surface area contributed by atoms with Crippen molar-refractivity contribution in [3.05, 3.63) is 51.0 Å². The van der Waals surface area contributed by atoms with Crippen LogP contribution in [0, 0.1) is 5.82 Å².